The Balaban J connectivity index is 1.61. The lowest BCUT2D eigenvalue weighted by Gasteiger charge is -2.30. The highest BCUT2D eigenvalue weighted by Gasteiger charge is 2.62. The van der Waals surface area contributed by atoms with Crippen molar-refractivity contribution in [1.29, 1.82) is 0 Å². The Morgan fingerprint density at radius 2 is 1.89 bits per heavy atom. The van der Waals surface area contributed by atoms with Crippen LogP contribution in [-0.2, 0) is 21.5 Å². The van der Waals surface area contributed by atoms with E-state index in [0.29, 0.717) is 13.2 Å². The van der Waals surface area contributed by atoms with Crippen LogP contribution in [0.2, 0.25) is 0 Å². The number of carbonyl (C=O) groups is 2. The summed E-state index contributed by atoms with van der Waals surface area (Å²) >= 11 is 0. The van der Waals surface area contributed by atoms with E-state index in [4.69, 9.17) is 4.74 Å². The zero-order valence-electron chi connectivity index (χ0n) is 15.3. The summed E-state index contributed by atoms with van der Waals surface area (Å²) in [4.78, 5) is 26.5. The molecule has 1 unspecified atom stereocenters. The Morgan fingerprint density at radius 3 is 2.63 bits per heavy atom. The molecule has 1 spiro atoms. The lowest BCUT2D eigenvalue weighted by atomic mass is 9.87. The second-order valence-corrected chi connectivity index (χ2v) is 7.47. The van der Waals surface area contributed by atoms with Gasteiger partial charge in [-0.15, -0.1) is 0 Å². The van der Waals surface area contributed by atoms with Crippen LogP contribution in [0.3, 0.4) is 0 Å². The van der Waals surface area contributed by atoms with Crippen molar-refractivity contribution in [3.63, 3.8) is 0 Å². The third-order valence-corrected chi connectivity index (χ3v) is 5.91. The normalized spacial score (nSPS) is 23.8. The lowest BCUT2D eigenvalue weighted by molar-refractivity contribution is -0.150. The van der Waals surface area contributed by atoms with Crippen molar-refractivity contribution in [2.75, 3.05) is 6.61 Å². The minimum atomic E-state index is -0.985. The molecule has 1 N–H and O–H groups in total. The van der Waals surface area contributed by atoms with Crippen LogP contribution >= 0.6 is 0 Å². The number of carboxylic acids is 1. The fourth-order valence-electron chi connectivity index (χ4n) is 4.20. The lowest BCUT2D eigenvalue weighted by Crippen LogP contribution is -2.44. The van der Waals surface area contributed by atoms with Gasteiger partial charge in [-0.3, -0.25) is 4.79 Å². The molecule has 1 aliphatic carbocycles. The Kier molecular flexibility index (Phi) is 4.38. The summed E-state index contributed by atoms with van der Waals surface area (Å²) < 4.78 is 5.75. The van der Waals surface area contributed by atoms with Gasteiger partial charge in [-0.05, 0) is 31.4 Å². The van der Waals surface area contributed by atoms with Crippen LogP contribution < -0.4 is 4.74 Å². The molecule has 5 heteroatoms. The average Bonchev–Trinajstić information content (AvgIpc) is 3.40. The third-order valence-electron chi connectivity index (χ3n) is 5.91. The maximum Gasteiger partial charge on any atom is 0.326 e. The van der Waals surface area contributed by atoms with Gasteiger partial charge in [0.05, 0.1) is 6.61 Å². The quantitative estimate of drug-likeness (QED) is 0.883. The molecule has 1 saturated carbocycles. The molecule has 0 saturated heterocycles. The highest BCUT2D eigenvalue weighted by molar-refractivity contribution is 5.88. The molecule has 27 heavy (non-hydrogen) atoms. The Morgan fingerprint density at radius 1 is 1.19 bits per heavy atom. The smallest absolute Gasteiger partial charge is 0.326 e. The van der Waals surface area contributed by atoms with Gasteiger partial charge in [-0.2, -0.15) is 0 Å². The van der Waals surface area contributed by atoms with E-state index in [1.54, 1.807) is 6.92 Å². The topological polar surface area (TPSA) is 66.8 Å². The van der Waals surface area contributed by atoms with E-state index >= 15 is 0 Å². The summed E-state index contributed by atoms with van der Waals surface area (Å²) in [5.74, 6) is -0.403. The summed E-state index contributed by atoms with van der Waals surface area (Å²) in [6.07, 6.45) is 1.55. The maximum atomic E-state index is 13.4. The largest absolute Gasteiger partial charge is 0.493 e. The van der Waals surface area contributed by atoms with E-state index in [9.17, 15) is 14.7 Å². The third kappa shape index (κ3) is 3.07. The van der Waals surface area contributed by atoms with Gasteiger partial charge in [0.25, 0.3) is 0 Å². The van der Waals surface area contributed by atoms with Crippen molar-refractivity contribution >= 4 is 11.9 Å². The van der Waals surface area contributed by atoms with Gasteiger partial charge in [0.2, 0.25) is 5.91 Å². The number of carbonyl (C=O) groups excluding carboxylic acids is 1. The molecular formula is C22H23NO4. The molecule has 1 aliphatic heterocycles. The fraction of sp³-hybridized carbons (Fsp3) is 0.364. The van der Waals surface area contributed by atoms with Crippen LogP contribution in [0.25, 0.3) is 0 Å². The second kappa shape index (κ2) is 6.72. The molecule has 4 rings (SSSR count). The molecule has 1 heterocycles. The maximum absolute atomic E-state index is 13.4. The van der Waals surface area contributed by atoms with E-state index < -0.39 is 12.0 Å². The number of carboxylic acid groups (broad SMARTS) is 1. The van der Waals surface area contributed by atoms with Crippen molar-refractivity contribution < 1.29 is 19.4 Å². The molecular weight excluding hydrogens is 342 g/mol. The summed E-state index contributed by atoms with van der Waals surface area (Å²) in [6.45, 7) is 2.47. The monoisotopic (exact) mass is 365 g/mol. The molecule has 0 radical (unpaired) electrons. The predicted octanol–water partition coefficient (Wildman–Crippen LogP) is 3.23. The van der Waals surface area contributed by atoms with Crippen LogP contribution in [0.1, 0.15) is 30.9 Å². The zero-order valence-corrected chi connectivity index (χ0v) is 15.3. The molecule has 1 fully saturated rings. The second-order valence-electron chi connectivity index (χ2n) is 7.47. The van der Waals surface area contributed by atoms with Gasteiger partial charge in [0.1, 0.15) is 11.8 Å². The number of hydrogen-bond donors (Lipinski definition) is 1. The molecule has 3 atom stereocenters. The molecule has 2 aromatic rings. The standard InChI is InChI=1S/C22H23NO4/c1-15(21(25)26)23(14-16-7-3-2-4-8-16)20(24)18-13-22(18)11-12-27-19-10-6-5-9-17(19)22/h2-10,15,18H,11-14H2,1H3,(H,25,26)/t15?,18-,22-/m0/s1. The minimum absolute atomic E-state index is 0.0783. The van der Waals surface area contributed by atoms with Crippen LogP contribution in [0.4, 0.5) is 0 Å². The molecule has 2 aliphatic rings. The van der Waals surface area contributed by atoms with E-state index in [1.165, 1.54) is 4.90 Å². The molecule has 1 amide bonds. The van der Waals surface area contributed by atoms with Gasteiger partial charge in [-0.25, -0.2) is 4.79 Å². The number of nitrogens with zero attached hydrogens (tertiary/aromatic N) is 1. The van der Waals surface area contributed by atoms with E-state index in [-0.39, 0.29) is 17.2 Å². The predicted molar refractivity (Wildman–Crippen MR) is 100 cm³/mol. The van der Waals surface area contributed by atoms with Crippen LogP contribution in [0, 0.1) is 5.92 Å². The molecule has 5 nitrogen and oxygen atoms in total. The number of ether oxygens (including phenoxy) is 1. The number of hydrogen-bond acceptors (Lipinski definition) is 3. The van der Waals surface area contributed by atoms with Gasteiger partial charge in [0.15, 0.2) is 0 Å². The van der Waals surface area contributed by atoms with Crippen molar-refractivity contribution in [3.05, 3.63) is 65.7 Å². The summed E-state index contributed by atoms with van der Waals surface area (Å²) in [6, 6.07) is 16.6. The summed E-state index contributed by atoms with van der Waals surface area (Å²) in [5, 5.41) is 9.53. The minimum Gasteiger partial charge on any atom is -0.493 e. The number of aliphatic carboxylic acids is 1. The molecule has 140 valence electrons. The van der Waals surface area contributed by atoms with Crippen LogP contribution in [0.5, 0.6) is 5.75 Å². The first-order valence-electron chi connectivity index (χ1n) is 9.32. The Hall–Kier alpha value is -2.82. The Bertz CT molecular complexity index is 866. The number of para-hydroxylation sites is 1. The van der Waals surface area contributed by atoms with Gasteiger partial charge < -0.3 is 14.7 Å². The molecule has 0 aromatic heterocycles. The first-order valence-corrected chi connectivity index (χ1v) is 9.32. The first kappa shape index (κ1) is 17.6. The van der Waals surface area contributed by atoms with Gasteiger partial charge >= 0.3 is 5.97 Å². The average molecular weight is 365 g/mol. The number of benzene rings is 2. The van der Waals surface area contributed by atoms with Gasteiger partial charge in [-0.1, -0.05) is 48.5 Å². The SMILES string of the molecule is CC(C(=O)O)N(Cc1ccccc1)C(=O)[C@@H]1C[C@]12CCOc1ccccc12. The number of rotatable bonds is 5. The first-order chi connectivity index (χ1) is 13.0. The summed E-state index contributed by atoms with van der Waals surface area (Å²) in [5.41, 5.74) is 1.80. The van der Waals surface area contributed by atoms with Crippen molar-refractivity contribution in [3.8, 4) is 5.75 Å². The zero-order chi connectivity index (χ0) is 19.0. The molecule has 0 bridgehead atoms. The van der Waals surface area contributed by atoms with E-state index in [2.05, 4.69) is 0 Å². The van der Waals surface area contributed by atoms with Crippen molar-refractivity contribution in [2.45, 2.75) is 37.8 Å². The Labute approximate surface area is 158 Å². The van der Waals surface area contributed by atoms with Crippen molar-refractivity contribution in [2.24, 2.45) is 5.92 Å². The van der Waals surface area contributed by atoms with Crippen LogP contribution in [0.15, 0.2) is 54.6 Å². The van der Waals surface area contributed by atoms with Crippen molar-refractivity contribution in [1.82, 2.24) is 4.90 Å². The molecule has 2 aromatic carbocycles. The van der Waals surface area contributed by atoms with Crippen LogP contribution in [-0.4, -0.2) is 34.5 Å². The highest BCUT2D eigenvalue weighted by Crippen LogP contribution is 2.61. The fourth-order valence-corrected chi connectivity index (χ4v) is 4.20. The van der Waals surface area contributed by atoms with E-state index in [0.717, 1.165) is 29.7 Å². The van der Waals surface area contributed by atoms with Gasteiger partial charge in [0, 0.05) is 23.4 Å². The number of fused-ring (bicyclic) bond motifs is 2. The highest BCUT2D eigenvalue weighted by atomic mass is 16.5. The summed E-state index contributed by atoms with van der Waals surface area (Å²) in [7, 11) is 0. The van der Waals surface area contributed by atoms with E-state index in [1.807, 2.05) is 54.6 Å². The number of amides is 1.